The topological polar surface area (TPSA) is 118 Å². The van der Waals surface area contributed by atoms with Crippen LogP contribution in [0.25, 0.3) is 0 Å². The number of rotatable bonds is 62. The number of hydrogen-bond acceptors (Lipinski definition) is 9. The number of aliphatic hydroxyl groups is 1. The van der Waals surface area contributed by atoms with Gasteiger partial charge in [0.2, 0.25) is 0 Å². The van der Waals surface area contributed by atoms with E-state index in [-0.39, 0.29) is 37.5 Å². The first-order valence-corrected chi connectivity index (χ1v) is 39.1. The third-order valence-corrected chi connectivity index (χ3v) is 16.8. The van der Waals surface area contributed by atoms with Crippen LogP contribution < -0.4 is 0 Å². The van der Waals surface area contributed by atoms with E-state index in [1.54, 1.807) is 0 Å². The molecule has 0 aromatic carbocycles. The van der Waals surface area contributed by atoms with Crippen molar-refractivity contribution in [2.45, 2.75) is 374 Å². The summed E-state index contributed by atoms with van der Waals surface area (Å²) >= 11 is 0. The molecule has 4 radical (unpaired) electrons. The molecule has 0 aromatic rings. The zero-order valence-corrected chi connectivity index (χ0v) is 55.7. The van der Waals surface area contributed by atoms with Gasteiger partial charge in [-0.15, -0.1) is 17.5 Å². The van der Waals surface area contributed by atoms with Crippen molar-refractivity contribution in [3.63, 3.8) is 0 Å². The van der Waals surface area contributed by atoms with Crippen LogP contribution in [0.4, 0.5) is 0 Å². The average Bonchev–Trinajstić information content (AvgIpc) is 3.46. The van der Waals surface area contributed by atoms with E-state index >= 15 is 0 Å². The molecule has 0 spiro atoms. The SMILES string of the molecule is [2H][Si]([B])(OCC[C@@H](O)C(CCCCCCCCCC)OC(=O)CCCCCCCCCC)P[3H].[2H][Si]([B])(OCC[C@@H](OC(=O)CCCCCCCCCCCC)C(CCCCCCCCCC)OC(=O)CCCCCCCCCC)P[3H]. The first-order chi connectivity index (χ1) is 39.6. The Morgan fingerprint density at radius 3 is 0.910 bits per heavy atom. The molecule has 1 N–H and O–H groups in total. The molecule has 78 heavy (non-hydrogen) atoms. The Balaban J connectivity index is 0. The van der Waals surface area contributed by atoms with Gasteiger partial charge >= 0.3 is 17.9 Å². The molecule has 458 valence electrons. The van der Waals surface area contributed by atoms with E-state index in [1.807, 2.05) is 0 Å². The molecule has 0 aliphatic heterocycles. The van der Waals surface area contributed by atoms with Crippen LogP contribution in [0, 0.1) is 0 Å². The van der Waals surface area contributed by atoms with Gasteiger partial charge in [-0.05, 0) is 51.4 Å². The number of esters is 3. The quantitative estimate of drug-likeness (QED) is 0.0209. The van der Waals surface area contributed by atoms with Crippen molar-refractivity contribution >= 4 is 67.3 Å². The van der Waals surface area contributed by atoms with E-state index in [0.29, 0.717) is 38.5 Å². The highest BCUT2D eigenvalue weighted by Crippen LogP contribution is 2.23. The molecule has 15 heteroatoms. The lowest BCUT2D eigenvalue weighted by atomic mass is 10.0. The third kappa shape index (κ3) is 60.3. The van der Waals surface area contributed by atoms with Crippen LogP contribution in [0.3, 0.4) is 0 Å². The fourth-order valence-corrected chi connectivity index (χ4v) is 11.2. The summed E-state index contributed by atoms with van der Waals surface area (Å²) in [5, 5.41) is 10.7. The van der Waals surface area contributed by atoms with E-state index in [4.69, 9.17) is 43.0 Å². The second-order valence-corrected chi connectivity index (χ2v) is 27.6. The summed E-state index contributed by atoms with van der Waals surface area (Å²) < 4.78 is 59.5. The van der Waals surface area contributed by atoms with Gasteiger partial charge in [-0.3, -0.25) is 14.4 Å². The first kappa shape index (κ1) is 72.0. The van der Waals surface area contributed by atoms with Gasteiger partial charge in [0.1, 0.15) is 35.3 Å². The van der Waals surface area contributed by atoms with E-state index in [0.717, 1.165) is 89.9 Å². The number of carbonyl (C=O) groups is 3. The van der Waals surface area contributed by atoms with Gasteiger partial charge in [-0.25, -0.2) is 0 Å². The molecule has 0 aliphatic rings. The minimum Gasteiger partial charge on any atom is -0.460 e. The molecule has 0 aromatic heterocycles. The lowest BCUT2D eigenvalue weighted by Gasteiger charge is -2.28. The van der Waals surface area contributed by atoms with E-state index in [9.17, 15) is 19.5 Å². The van der Waals surface area contributed by atoms with Crippen LogP contribution in [-0.2, 0) is 37.4 Å². The summed E-state index contributed by atoms with van der Waals surface area (Å²) in [6.07, 6.45) is 50.1. The molecule has 0 saturated heterocycles. The van der Waals surface area contributed by atoms with E-state index in [2.05, 4.69) is 34.6 Å². The lowest BCUT2D eigenvalue weighted by Crippen LogP contribution is -2.36. The van der Waals surface area contributed by atoms with Gasteiger partial charge < -0.3 is 28.2 Å². The number of hydrogen-bond donors (Lipinski definition) is 1. The Morgan fingerprint density at radius 2 is 0.615 bits per heavy atom. The molecule has 0 aliphatic carbocycles. The van der Waals surface area contributed by atoms with Crippen molar-refractivity contribution in [2.75, 3.05) is 13.2 Å². The number of carbonyl (C=O) groups excluding carboxylic acids is 3. The average molecular weight is 1180 g/mol. The van der Waals surface area contributed by atoms with Gasteiger partial charge in [-0.2, -0.15) is 0 Å². The van der Waals surface area contributed by atoms with Crippen LogP contribution in [0.15, 0.2) is 0 Å². The smallest absolute Gasteiger partial charge is 0.306 e. The molecule has 0 amide bonds. The number of ether oxygens (including phenoxy) is 3. The molecule has 0 heterocycles. The minimum atomic E-state index is -3.29. The summed E-state index contributed by atoms with van der Waals surface area (Å²) in [6, 6.07) is 0. The summed E-state index contributed by atoms with van der Waals surface area (Å²) in [6.45, 7) is 11.4. The predicted octanol–water partition coefficient (Wildman–Crippen LogP) is 17.8. The molecule has 6 unspecified atom stereocenters. The number of aliphatic hydroxyl groups excluding tert-OH is 1. The van der Waals surface area contributed by atoms with Crippen molar-refractivity contribution in [1.82, 2.24) is 0 Å². The van der Waals surface area contributed by atoms with E-state index in [1.165, 1.54) is 180 Å². The van der Waals surface area contributed by atoms with Crippen LogP contribution in [-0.4, -0.2) is 97.6 Å². The van der Waals surface area contributed by atoms with Gasteiger partial charge in [0, 0.05) is 41.4 Å². The molecule has 8 atom stereocenters. The predicted molar refractivity (Wildman–Crippen MR) is 347 cm³/mol. The van der Waals surface area contributed by atoms with Crippen LogP contribution in [0.2, 0.25) is 0 Å². The van der Waals surface area contributed by atoms with Crippen molar-refractivity contribution in [3.8, 4) is 0 Å². The Hall–Kier alpha value is -0.286. The second kappa shape index (κ2) is 64.3. The summed E-state index contributed by atoms with van der Waals surface area (Å²) in [4.78, 5) is 38.5. The molecular formula is C63H128B2O9P2Si2. The zero-order chi connectivity index (χ0) is 61.1. The first-order valence-electron chi connectivity index (χ1n) is 35.1. The Bertz CT molecular complexity index is 1410. The summed E-state index contributed by atoms with van der Waals surface area (Å²) in [5.74, 6) is -0.715. The van der Waals surface area contributed by atoms with Gasteiger partial charge in [-0.1, -0.05) is 272 Å². The largest absolute Gasteiger partial charge is 0.460 e. The fourth-order valence-electron chi connectivity index (χ4n) is 9.94. The highest BCUT2D eigenvalue weighted by Gasteiger charge is 2.29. The maximum Gasteiger partial charge on any atom is 0.306 e. The second-order valence-electron chi connectivity index (χ2n) is 22.6. The normalized spacial score (nSPS) is 15.6. The molecule has 0 rings (SSSR count). The summed E-state index contributed by atoms with van der Waals surface area (Å²) in [7, 11) is 4.11. The minimum absolute atomic E-state index is 0.123. The fraction of sp³-hybridized carbons (Fsp3) is 0.952. The highest BCUT2D eigenvalue weighted by atomic mass is 31.3. The molecule has 0 fully saturated rings. The van der Waals surface area contributed by atoms with Crippen LogP contribution in [0.1, 0.15) is 349 Å². The zero-order valence-electron chi connectivity index (χ0n) is 55.7. The van der Waals surface area contributed by atoms with Gasteiger partial charge in [0.05, 0.1) is 23.5 Å². The maximum atomic E-state index is 13.0. The standard InChI is InChI=1S/C38H76BO5PSi.C25H52BO4PSi/c1-4-7-10-13-16-19-20-23-26-29-32-38(41)44-36(33-34-42-46(39)45)35(30-27-24-21-17-14-11-8-5-2)43-37(40)31-28-25-22-18-15-12-9-6-3;1-3-5-7-9-11-13-15-17-19-24(23(27)21-22-29-32(26)31)30-25(28)20-18-16-14-12-10-8-6-4-2/h35-36,46H,4-34,45H2,1-3H3;23-24,27,32H,3-22,31H2,1-2H3/t35?,36-,46?;23-,24?,32?/m11/s1/i45T,46D;31T,32D/t35?,36-,45?,46?;23-,24?,31?,32?. The summed E-state index contributed by atoms with van der Waals surface area (Å²) in [5.41, 5.74) is 0. The molecule has 0 bridgehead atoms. The lowest BCUT2D eigenvalue weighted by molar-refractivity contribution is -0.170. The Morgan fingerprint density at radius 1 is 0.385 bits per heavy atom. The van der Waals surface area contributed by atoms with Crippen LogP contribution >= 0.6 is 17.5 Å². The van der Waals surface area contributed by atoms with Crippen molar-refractivity contribution in [1.29, 1.82) is 5.03 Å². The molecule has 9 nitrogen and oxygen atoms in total. The Kier molecular flexibility index (Phi) is 59.3. The van der Waals surface area contributed by atoms with Crippen molar-refractivity contribution in [3.05, 3.63) is 0 Å². The third-order valence-electron chi connectivity index (χ3n) is 14.9. The number of unbranched alkanes of at least 4 members (excludes halogenated alkanes) is 37. The van der Waals surface area contributed by atoms with Crippen LogP contribution in [0.5, 0.6) is 0 Å². The van der Waals surface area contributed by atoms with Crippen molar-refractivity contribution in [2.24, 2.45) is 0 Å². The van der Waals surface area contributed by atoms with E-state index < -0.39 is 58.9 Å². The Labute approximate surface area is 499 Å². The maximum absolute atomic E-state index is 13.0. The van der Waals surface area contributed by atoms with Gasteiger partial charge in [0.15, 0.2) is 0 Å². The van der Waals surface area contributed by atoms with Crippen molar-refractivity contribution < 1.29 is 42.6 Å². The molecule has 0 saturated carbocycles. The molecular weight excluding hydrogens is 1040 g/mol. The highest BCUT2D eigenvalue weighted by molar-refractivity contribution is 7.71. The van der Waals surface area contributed by atoms with Gasteiger partial charge in [0.25, 0.3) is 0 Å². The monoisotopic (exact) mass is 1170 g/mol.